The molecule has 2 N–H and O–H groups in total. The van der Waals surface area contributed by atoms with Gasteiger partial charge < -0.3 is 10.6 Å². The highest BCUT2D eigenvalue weighted by Crippen LogP contribution is 2.35. The molecular weight excluding hydrogens is 272 g/mol. The molecule has 0 aromatic heterocycles. The Morgan fingerprint density at radius 1 is 1.15 bits per heavy atom. The highest BCUT2D eigenvalue weighted by Gasteiger charge is 2.36. The van der Waals surface area contributed by atoms with Gasteiger partial charge in [0.15, 0.2) is 0 Å². The molecular formula is C16H31ClN2O. The van der Waals surface area contributed by atoms with Gasteiger partial charge in [-0.15, -0.1) is 12.4 Å². The summed E-state index contributed by atoms with van der Waals surface area (Å²) in [7, 11) is 2.02. The summed E-state index contributed by atoms with van der Waals surface area (Å²) >= 11 is 0. The zero-order valence-corrected chi connectivity index (χ0v) is 13.8. The van der Waals surface area contributed by atoms with Crippen LogP contribution < -0.4 is 5.73 Å². The average molecular weight is 303 g/mol. The number of carbonyl (C=O) groups is 1. The van der Waals surface area contributed by atoms with E-state index in [-0.39, 0.29) is 18.3 Å². The first-order valence-corrected chi connectivity index (χ1v) is 8.14. The minimum absolute atomic E-state index is 0. The molecule has 0 aromatic carbocycles. The van der Waals surface area contributed by atoms with Crippen molar-refractivity contribution >= 4 is 18.3 Å². The molecule has 0 aliphatic heterocycles. The number of hydrogen-bond donors (Lipinski definition) is 1. The monoisotopic (exact) mass is 302 g/mol. The molecule has 0 heterocycles. The van der Waals surface area contributed by atoms with Crippen LogP contribution in [0.1, 0.15) is 58.3 Å². The SMILES string of the molecule is CCC1CCC(N(C)C(=O)[C@@H]2CCC[C@@H]2CN)CC1.Cl. The first-order valence-electron chi connectivity index (χ1n) is 8.14. The van der Waals surface area contributed by atoms with Gasteiger partial charge in [0.2, 0.25) is 5.91 Å². The molecule has 2 saturated carbocycles. The van der Waals surface area contributed by atoms with Crippen LogP contribution in [-0.2, 0) is 4.79 Å². The number of amides is 1. The lowest BCUT2D eigenvalue weighted by molar-refractivity contribution is -0.138. The summed E-state index contributed by atoms with van der Waals surface area (Å²) < 4.78 is 0. The lowest BCUT2D eigenvalue weighted by Crippen LogP contribution is -2.44. The van der Waals surface area contributed by atoms with E-state index in [1.165, 1.54) is 38.5 Å². The smallest absolute Gasteiger partial charge is 0.225 e. The summed E-state index contributed by atoms with van der Waals surface area (Å²) in [5.41, 5.74) is 5.81. The van der Waals surface area contributed by atoms with E-state index in [1.807, 2.05) is 7.05 Å². The Morgan fingerprint density at radius 3 is 2.35 bits per heavy atom. The van der Waals surface area contributed by atoms with Crippen molar-refractivity contribution in [3.8, 4) is 0 Å². The van der Waals surface area contributed by atoms with E-state index in [0.717, 1.165) is 18.8 Å². The lowest BCUT2D eigenvalue weighted by Gasteiger charge is -2.36. The molecule has 3 nitrogen and oxygen atoms in total. The van der Waals surface area contributed by atoms with Gasteiger partial charge in [-0.2, -0.15) is 0 Å². The van der Waals surface area contributed by atoms with Crippen LogP contribution in [-0.4, -0.2) is 30.4 Å². The molecule has 1 amide bonds. The van der Waals surface area contributed by atoms with Crippen LogP contribution in [0.4, 0.5) is 0 Å². The molecule has 2 atom stereocenters. The van der Waals surface area contributed by atoms with Crippen molar-refractivity contribution in [1.29, 1.82) is 0 Å². The molecule has 2 fully saturated rings. The summed E-state index contributed by atoms with van der Waals surface area (Å²) in [5.74, 6) is 1.90. The molecule has 0 unspecified atom stereocenters. The number of carbonyl (C=O) groups excluding carboxylic acids is 1. The number of nitrogens with zero attached hydrogens (tertiary/aromatic N) is 1. The Labute approximate surface area is 130 Å². The molecule has 0 aromatic rings. The minimum Gasteiger partial charge on any atom is -0.343 e. The van der Waals surface area contributed by atoms with Crippen LogP contribution in [0.15, 0.2) is 0 Å². The fourth-order valence-electron chi connectivity index (χ4n) is 4.03. The first-order chi connectivity index (χ1) is 9.17. The Balaban J connectivity index is 0.00000200. The van der Waals surface area contributed by atoms with Gasteiger partial charge in [-0.3, -0.25) is 4.79 Å². The number of halogens is 1. The first kappa shape index (κ1) is 17.8. The molecule has 20 heavy (non-hydrogen) atoms. The molecule has 0 spiro atoms. The summed E-state index contributed by atoms with van der Waals surface area (Å²) in [4.78, 5) is 14.7. The average Bonchev–Trinajstić information content (AvgIpc) is 2.94. The van der Waals surface area contributed by atoms with Crippen molar-refractivity contribution in [3.63, 3.8) is 0 Å². The van der Waals surface area contributed by atoms with Gasteiger partial charge in [0.1, 0.15) is 0 Å². The third-order valence-corrected chi connectivity index (χ3v) is 5.57. The second kappa shape index (κ2) is 8.23. The predicted molar refractivity (Wildman–Crippen MR) is 85.9 cm³/mol. The van der Waals surface area contributed by atoms with Gasteiger partial charge in [-0.1, -0.05) is 19.8 Å². The van der Waals surface area contributed by atoms with Crippen molar-refractivity contribution in [1.82, 2.24) is 4.90 Å². The molecule has 2 rings (SSSR count). The van der Waals surface area contributed by atoms with Gasteiger partial charge in [0.05, 0.1) is 0 Å². The minimum atomic E-state index is 0. The van der Waals surface area contributed by atoms with Gasteiger partial charge in [-0.25, -0.2) is 0 Å². The molecule has 0 bridgehead atoms. The Hall–Kier alpha value is -0.280. The zero-order valence-electron chi connectivity index (χ0n) is 13.0. The van der Waals surface area contributed by atoms with E-state index >= 15 is 0 Å². The quantitative estimate of drug-likeness (QED) is 0.867. The van der Waals surface area contributed by atoms with Crippen molar-refractivity contribution < 1.29 is 4.79 Å². The molecule has 0 radical (unpaired) electrons. The van der Waals surface area contributed by atoms with Gasteiger partial charge in [-0.05, 0) is 56.9 Å². The van der Waals surface area contributed by atoms with E-state index < -0.39 is 0 Å². The maximum atomic E-state index is 12.6. The Morgan fingerprint density at radius 2 is 1.80 bits per heavy atom. The highest BCUT2D eigenvalue weighted by molar-refractivity contribution is 5.85. The summed E-state index contributed by atoms with van der Waals surface area (Å²) in [6.07, 6.45) is 9.64. The third kappa shape index (κ3) is 3.88. The van der Waals surface area contributed by atoms with E-state index in [4.69, 9.17) is 5.73 Å². The van der Waals surface area contributed by atoms with Gasteiger partial charge in [0, 0.05) is 19.0 Å². The van der Waals surface area contributed by atoms with Crippen LogP contribution in [0, 0.1) is 17.8 Å². The summed E-state index contributed by atoms with van der Waals surface area (Å²) in [6, 6.07) is 0.481. The molecule has 118 valence electrons. The van der Waals surface area contributed by atoms with Crippen LogP contribution in [0.3, 0.4) is 0 Å². The maximum Gasteiger partial charge on any atom is 0.225 e. The second-order valence-electron chi connectivity index (χ2n) is 6.57. The standard InChI is InChI=1S/C16H30N2O.ClH/c1-3-12-7-9-14(10-8-12)18(2)16(19)15-6-4-5-13(15)11-17;/h12-15H,3-11,17H2,1-2H3;1H/t12?,13-,14?,15-;/m1./s1. The zero-order chi connectivity index (χ0) is 13.8. The number of rotatable bonds is 4. The van der Waals surface area contributed by atoms with Crippen LogP contribution >= 0.6 is 12.4 Å². The highest BCUT2D eigenvalue weighted by atomic mass is 35.5. The summed E-state index contributed by atoms with van der Waals surface area (Å²) in [5, 5.41) is 0. The van der Waals surface area contributed by atoms with Crippen molar-refractivity contribution in [2.24, 2.45) is 23.5 Å². The third-order valence-electron chi connectivity index (χ3n) is 5.57. The van der Waals surface area contributed by atoms with E-state index in [0.29, 0.717) is 24.4 Å². The molecule has 0 saturated heterocycles. The van der Waals surface area contributed by atoms with Gasteiger partial charge in [0.25, 0.3) is 0 Å². The van der Waals surface area contributed by atoms with Crippen molar-refractivity contribution in [2.75, 3.05) is 13.6 Å². The maximum absolute atomic E-state index is 12.6. The van der Waals surface area contributed by atoms with E-state index in [2.05, 4.69) is 11.8 Å². The number of hydrogen-bond acceptors (Lipinski definition) is 2. The lowest BCUT2D eigenvalue weighted by atomic mass is 9.83. The second-order valence-corrected chi connectivity index (χ2v) is 6.57. The fourth-order valence-corrected chi connectivity index (χ4v) is 4.03. The van der Waals surface area contributed by atoms with Gasteiger partial charge >= 0.3 is 0 Å². The topological polar surface area (TPSA) is 46.3 Å². The largest absolute Gasteiger partial charge is 0.343 e. The fraction of sp³-hybridized carbons (Fsp3) is 0.938. The number of nitrogens with two attached hydrogens (primary N) is 1. The van der Waals surface area contributed by atoms with Crippen LogP contribution in [0.25, 0.3) is 0 Å². The van der Waals surface area contributed by atoms with Crippen LogP contribution in [0.2, 0.25) is 0 Å². The molecule has 4 heteroatoms. The predicted octanol–water partition coefficient (Wildman–Crippen LogP) is 3.21. The van der Waals surface area contributed by atoms with Crippen LogP contribution in [0.5, 0.6) is 0 Å². The molecule has 2 aliphatic rings. The Kier molecular flexibility index (Phi) is 7.32. The molecule has 2 aliphatic carbocycles. The van der Waals surface area contributed by atoms with Crippen molar-refractivity contribution in [2.45, 2.75) is 64.3 Å². The summed E-state index contributed by atoms with van der Waals surface area (Å²) in [6.45, 7) is 2.96. The van der Waals surface area contributed by atoms with E-state index in [9.17, 15) is 4.79 Å². The van der Waals surface area contributed by atoms with E-state index in [1.54, 1.807) is 0 Å². The normalized spacial score (nSPS) is 33.5. The Bertz CT molecular complexity index is 303. The van der Waals surface area contributed by atoms with Crippen molar-refractivity contribution in [3.05, 3.63) is 0 Å².